The first-order valence-electron chi connectivity index (χ1n) is 7.42. The van der Waals surface area contributed by atoms with Crippen molar-refractivity contribution in [2.45, 2.75) is 19.4 Å². The molecule has 0 bridgehead atoms. The van der Waals surface area contributed by atoms with Gasteiger partial charge in [-0.15, -0.1) is 6.58 Å². The van der Waals surface area contributed by atoms with Gasteiger partial charge in [0.1, 0.15) is 6.04 Å². The number of nitrogens with one attached hydrogen (secondary N) is 3. The number of benzene rings is 1. The number of nitrogens with zero attached hydrogens (tertiary/aromatic N) is 1. The van der Waals surface area contributed by atoms with E-state index in [4.69, 9.17) is 0 Å². The van der Waals surface area contributed by atoms with E-state index in [9.17, 15) is 9.59 Å². The number of hydrogen-bond acceptors (Lipinski definition) is 3. The second kappa shape index (κ2) is 7.49. The minimum absolute atomic E-state index is 0.0832. The first-order chi connectivity index (χ1) is 10.6. The molecule has 1 fully saturated rings. The first kappa shape index (κ1) is 15.9. The third kappa shape index (κ3) is 4.00. The van der Waals surface area contributed by atoms with Crippen LogP contribution in [0.3, 0.4) is 0 Å². The fourth-order valence-corrected chi connectivity index (χ4v) is 2.28. The summed E-state index contributed by atoms with van der Waals surface area (Å²) in [7, 11) is 0. The predicted octanol–water partition coefficient (Wildman–Crippen LogP) is 1.71. The highest BCUT2D eigenvalue weighted by atomic mass is 16.2. The lowest BCUT2D eigenvalue weighted by molar-refractivity contribution is -0.121. The van der Waals surface area contributed by atoms with Gasteiger partial charge < -0.3 is 16.0 Å². The van der Waals surface area contributed by atoms with Gasteiger partial charge in [0.2, 0.25) is 5.91 Å². The molecule has 6 heteroatoms. The maximum atomic E-state index is 11.9. The van der Waals surface area contributed by atoms with Gasteiger partial charge in [0.15, 0.2) is 0 Å². The number of carbonyl (C=O) groups is 2. The summed E-state index contributed by atoms with van der Waals surface area (Å²) in [4.78, 5) is 25.4. The number of rotatable bonds is 6. The van der Waals surface area contributed by atoms with Gasteiger partial charge in [-0.1, -0.05) is 12.1 Å². The van der Waals surface area contributed by atoms with E-state index in [0.29, 0.717) is 19.6 Å². The maximum Gasteiger partial charge on any atom is 0.321 e. The minimum atomic E-state index is -0.370. The molecule has 1 aromatic carbocycles. The number of amides is 3. The van der Waals surface area contributed by atoms with Gasteiger partial charge in [-0.2, -0.15) is 0 Å². The van der Waals surface area contributed by atoms with Crippen LogP contribution in [-0.2, 0) is 4.79 Å². The van der Waals surface area contributed by atoms with Crippen molar-refractivity contribution in [2.24, 2.45) is 0 Å². The summed E-state index contributed by atoms with van der Waals surface area (Å²) in [6, 6.07) is 7.06. The fourth-order valence-electron chi connectivity index (χ4n) is 2.28. The molecule has 0 radical (unpaired) electrons. The van der Waals surface area contributed by atoms with Gasteiger partial charge in [-0.25, -0.2) is 4.79 Å². The van der Waals surface area contributed by atoms with Crippen molar-refractivity contribution < 1.29 is 9.59 Å². The Morgan fingerprint density at radius 3 is 3.09 bits per heavy atom. The number of anilines is 2. The van der Waals surface area contributed by atoms with Crippen molar-refractivity contribution in [3.8, 4) is 0 Å². The summed E-state index contributed by atoms with van der Waals surface area (Å²) >= 11 is 0. The number of urea groups is 1. The topological polar surface area (TPSA) is 73.5 Å². The maximum absolute atomic E-state index is 11.9. The van der Waals surface area contributed by atoms with E-state index in [2.05, 4.69) is 22.5 Å². The van der Waals surface area contributed by atoms with Crippen molar-refractivity contribution in [3.05, 3.63) is 36.9 Å². The molecule has 22 heavy (non-hydrogen) atoms. The Morgan fingerprint density at radius 1 is 1.55 bits per heavy atom. The smallest absolute Gasteiger partial charge is 0.321 e. The van der Waals surface area contributed by atoms with E-state index in [1.54, 1.807) is 17.9 Å². The lowest BCUT2D eigenvalue weighted by Gasteiger charge is -2.28. The molecule has 0 aliphatic carbocycles. The van der Waals surface area contributed by atoms with Gasteiger partial charge in [-0.05, 0) is 31.5 Å². The van der Waals surface area contributed by atoms with Crippen LogP contribution < -0.4 is 20.9 Å². The third-order valence-corrected chi connectivity index (χ3v) is 3.43. The molecule has 1 atom stereocenters. The standard InChI is InChI=1S/C16H22N4O2/c1-3-8-17-15(21)12(2)19-13-6-4-7-14(11-13)20-10-5-9-18-16(20)22/h3-4,6-7,11-12,19H,1,5,8-10H2,2H3,(H,17,21)(H,18,22)/t12-/m0/s1. The molecule has 118 valence electrons. The van der Waals surface area contributed by atoms with Crippen LogP contribution >= 0.6 is 0 Å². The van der Waals surface area contributed by atoms with E-state index in [-0.39, 0.29) is 18.0 Å². The lowest BCUT2D eigenvalue weighted by atomic mass is 10.2. The number of hydrogen-bond donors (Lipinski definition) is 3. The van der Waals surface area contributed by atoms with E-state index in [1.165, 1.54) is 0 Å². The van der Waals surface area contributed by atoms with E-state index < -0.39 is 0 Å². The SMILES string of the molecule is C=CCNC(=O)[C@H](C)Nc1cccc(N2CCCNC2=O)c1. The van der Waals surface area contributed by atoms with Crippen molar-refractivity contribution in [1.82, 2.24) is 10.6 Å². The third-order valence-electron chi connectivity index (χ3n) is 3.43. The van der Waals surface area contributed by atoms with Crippen LogP contribution in [0.15, 0.2) is 36.9 Å². The monoisotopic (exact) mass is 302 g/mol. The van der Waals surface area contributed by atoms with Crippen LogP contribution in [0.25, 0.3) is 0 Å². The Balaban J connectivity index is 2.03. The molecule has 1 heterocycles. The van der Waals surface area contributed by atoms with Gasteiger partial charge in [0.05, 0.1) is 0 Å². The van der Waals surface area contributed by atoms with Crippen LogP contribution in [-0.4, -0.2) is 37.6 Å². The van der Waals surface area contributed by atoms with Crippen LogP contribution in [0.5, 0.6) is 0 Å². The average molecular weight is 302 g/mol. The molecular formula is C16H22N4O2. The molecule has 3 N–H and O–H groups in total. The summed E-state index contributed by atoms with van der Waals surface area (Å²) in [5.74, 6) is -0.0963. The predicted molar refractivity (Wildman–Crippen MR) is 88.1 cm³/mol. The second-order valence-electron chi connectivity index (χ2n) is 5.19. The average Bonchev–Trinajstić information content (AvgIpc) is 2.53. The highest BCUT2D eigenvalue weighted by Crippen LogP contribution is 2.21. The normalized spacial score (nSPS) is 15.7. The van der Waals surface area contributed by atoms with Gasteiger partial charge >= 0.3 is 6.03 Å². The minimum Gasteiger partial charge on any atom is -0.374 e. The lowest BCUT2D eigenvalue weighted by Crippen LogP contribution is -2.46. The Bertz CT molecular complexity index is 559. The Hall–Kier alpha value is -2.50. The Kier molecular flexibility index (Phi) is 5.41. The molecule has 2 rings (SSSR count). The molecule has 0 aromatic heterocycles. The molecule has 6 nitrogen and oxygen atoms in total. The zero-order valence-corrected chi connectivity index (χ0v) is 12.8. The highest BCUT2D eigenvalue weighted by molar-refractivity contribution is 5.93. The summed E-state index contributed by atoms with van der Waals surface area (Å²) in [5.41, 5.74) is 1.62. The molecule has 3 amide bonds. The Morgan fingerprint density at radius 2 is 2.36 bits per heavy atom. The van der Waals surface area contributed by atoms with Crippen molar-refractivity contribution in [3.63, 3.8) is 0 Å². The quantitative estimate of drug-likeness (QED) is 0.700. The van der Waals surface area contributed by atoms with Crippen LogP contribution in [0.4, 0.5) is 16.2 Å². The Labute approximate surface area is 130 Å². The second-order valence-corrected chi connectivity index (χ2v) is 5.19. The van der Waals surface area contributed by atoms with E-state index in [1.807, 2.05) is 24.3 Å². The fraction of sp³-hybridized carbons (Fsp3) is 0.375. The highest BCUT2D eigenvalue weighted by Gasteiger charge is 2.19. The first-order valence-corrected chi connectivity index (χ1v) is 7.42. The van der Waals surface area contributed by atoms with Gasteiger partial charge in [0, 0.05) is 31.0 Å². The van der Waals surface area contributed by atoms with E-state index in [0.717, 1.165) is 17.8 Å². The number of carbonyl (C=O) groups excluding carboxylic acids is 2. The molecule has 1 aliphatic rings. The van der Waals surface area contributed by atoms with Crippen molar-refractivity contribution in [1.29, 1.82) is 0 Å². The molecular weight excluding hydrogens is 280 g/mol. The summed E-state index contributed by atoms with van der Waals surface area (Å²) in [5, 5.41) is 8.71. The molecule has 1 saturated heterocycles. The zero-order chi connectivity index (χ0) is 15.9. The largest absolute Gasteiger partial charge is 0.374 e. The van der Waals surface area contributed by atoms with Crippen LogP contribution in [0.1, 0.15) is 13.3 Å². The molecule has 0 saturated carbocycles. The van der Waals surface area contributed by atoms with Crippen molar-refractivity contribution in [2.75, 3.05) is 29.9 Å². The molecule has 1 aromatic rings. The van der Waals surface area contributed by atoms with Gasteiger partial charge in [0.25, 0.3) is 0 Å². The summed E-state index contributed by atoms with van der Waals surface area (Å²) in [6.45, 7) is 7.22. The summed E-state index contributed by atoms with van der Waals surface area (Å²) in [6.07, 6.45) is 2.56. The van der Waals surface area contributed by atoms with Gasteiger partial charge in [-0.3, -0.25) is 9.69 Å². The van der Waals surface area contributed by atoms with Crippen molar-refractivity contribution >= 4 is 23.3 Å². The molecule has 0 unspecified atom stereocenters. The van der Waals surface area contributed by atoms with Crippen LogP contribution in [0, 0.1) is 0 Å². The zero-order valence-electron chi connectivity index (χ0n) is 12.8. The van der Waals surface area contributed by atoms with Crippen LogP contribution in [0.2, 0.25) is 0 Å². The van der Waals surface area contributed by atoms with E-state index >= 15 is 0 Å². The molecule has 0 spiro atoms. The molecule has 1 aliphatic heterocycles. The summed E-state index contributed by atoms with van der Waals surface area (Å²) < 4.78 is 0.